The first-order valence-corrected chi connectivity index (χ1v) is 6.81. The molecule has 0 aliphatic carbocycles. The van der Waals surface area contributed by atoms with E-state index in [1.165, 1.54) is 12.1 Å². The Balaban J connectivity index is 2.03. The molecule has 1 heterocycles. The van der Waals surface area contributed by atoms with Crippen LogP contribution in [-0.2, 0) is 4.74 Å². The van der Waals surface area contributed by atoms with Crippen LogP contribution in [0.5, 0.6) is 0 Å². The lowest BCUT2D eigenvalue weighted by Crippen LogP contribution is -2.42. The third-order valence-corrected chi connectivity index (χ3v) is 3.19. The van der Waals surface area contributed by atoms with E-state index in [0.717, 1.165) is 5.56 Å². The molecule has 2 N–H and O–H groups in total. The molecule has 4 nitrogen and oxygen atoms in total. The van der Waals surface area contributed by atoms with Gasteiger partial charge in [-0.05, 0) is 38.5 Å². The average Bonchev–Trinajstić information content (AvgIpc) is 2.74. The lowest BCUT2D eigenvalue weighted by Gasteiger charge is -2.24. The zero-order chi connectivity index (χ0) is 14.8. The fourth-order valence-electron chi connectivity index (χ4n) is 2.38. The van der Waals surface area contributed by atoms with Gasteiger partial charge in [-0.2, -0.15) is 0 Å². The smallest absolute Gasteiger partial charge is 0.407 e. The normalized spacial score (nSPS) is 22.6. The zero-order valence-electron chi connectivity index (χ0n) is 12.1. The summed E-state index contributed by atoms with van der Waals surface area (Å²) in [5.41, 5.74) is 0.362. The van der Waals surface area contributed by atoms with Crippen LogP contribution in [0, 0.1) is 5.82 Å². The molecule has 1 amide bonds. The minimum atomic E-state index is -0.523. The van der Waals surface area contributed by atoms with Crippen LogP contribution >= 0.6 is 0 Å². The number of alkyl carbamates (subject to hydrolysis) is 1. The summed E-state index contributed by atoms with van der Waals surface area (Å²) in [7, 11) is 0. The van der Waals surface area contributed by atoms with Crippen LogP contribution < -0.4 is 10.6 Å². The fraction of sp³-hybridized carbons (Fsp3) is 0.533. The van der Waals surface area contributed by atoms with E-state index in [2.05, 4.69) is 10.6 Å². The van der Waals surface area contributed by atoms with Gasteiger partial charge in [-0.15, -0.1) is 0 Å². The maximum atomic E-state index is 13.3. The Morgan fingerprint density at radius 3 is 2.80 bits per heavy atom. The summed E-state index contributed by atoms with van der Waals surface area (Å²) in [5.74, 6) is -0.205. The first-order valence-electron chi connectivity index (χ1n) is 6.81. The standard InChI is InChI=1S/C15H21FN2O2/c1-15(2,3)20-14(19)18-13-9-17-8-12(13)10-5-4-6-11(16)7-10/h4-7,12-13,17H,8-9H2,1-3H3,(H,18,19)/t12-,13-/m0/s1. The summed E-state index contributed by atoms with van der Waals surface area (Å²) in [6.07, 6.45) is -0.437. The van der Waals surface area contributed by atoms with Crippen molar-refractivity contribution >= 4 is 6.09 Å². The van der Waals surface area contributed by atoms with Gasteiger partial charge in [-0.25, -0.2) is 9.18 Å². The molecular weight excluding hydrogens is 259 g/mol. The summed E-state index contributed by atoms with van der Waals surface area (Å²) in [5, 5.41) is 6.07. The highest BCUT2D eigenvalue weighted by atomic mass is 19.1. The molecule has 0 aromatic heterocycles. The quantitative estimate of drug-likeness (QED) is 0.874. The Bertz CT molecular complexity index is 485. The van der Waals surface area contributed by atoms with Gasteiger partial charge in [0.2, 0.25) is 0 Å². The lowest BCUT2D eigenvalue weighted by atomic mass is 9.94. The molecule has 0 spiro atoms. The molecule has 2 rings (SSSR count). The highest BCUT2D eigenvalue weighted by molar-refractivity contribution is 5.68. The van der Waals surface area contributed by atoms with Crippen LogP contribution in [0.3, 0.4) is 0 Å². The molecule has 0 saturated carbocycles. The predicted octanol–water partition coefficient (Wildman–Crippen LogP) is 2.41. The summed E-state index contributed by atoms with van der Waals surface area (Å²) < 4.78 is 18.6. The van der Waals surface area contributed by atoms with Gasteiger partial charge in [0.25, 0.3) is 0 Å². The number of ether oxygens (including phenoxy) is 1. The second kappa shape index (κ2) is 5.79. The van der Waals surface area contributed by atoms with Crippen LogP contribution in [0.15, 0.2) is 24.3 Å². The van der Waals surface area contributed by atoms with Crippen LogP contribution in [0.1, 0.15) is 32.3 Å². The number of hydrogen-bond acceptors (Lipinski definition) is 3. The van der Waals surface area contributed by atoms with Crippen molar-refractivity contribution in [2.75, 3.05) is 13.1 Å². The Morgan fingerprint density at radius 2 is 2.15 bits per heavy atom. The summed E-state index contributed by atoms with van der Waals surface area (Å²) in [6, 6.07) is 6.41. The molecule has 20 heavy (non-hydrogen) atoms. The molecule has 1 fully saturated rings. The maximum Gasteiger partial charge on any atom is 0.407 e. The van der Waals surface area contributed by atoms with Crippen molar-refractivity contribution in [2.24, 2.45) is 0 Å². The highest BCUT2D eigenvalue weighted by Gasteiger charge is 2.31. The van der Waals surface area contributed by atoms with Crippen molar-refractivity contribution in [1.29, 1.82) is 0 Å². The van der Waals surface area contributed by atoms with Crippen LogP contribution in [0.25, 0.3) is 0 Å². The third-order valence-electron chi connectivity index (χ3n) is 3.19. The summed E-state index contributed by atoms with van der Waals surface area (Å²) >= 11 is 0. The predicted molar refractivity (Wildman–Crippen MR) is 75.2 cm³/mol. The van der Waals surface area contributed by atoms with Gasteiger partial charge >= 0.3 is 6.09 Å². The number of hydrogen-bond donors (Lipinski definition) is 2. The molecular formula is C15H21FN2O2. The van der Waals surface area contributed by atoms with Gasteiger partial charge in [-0.1, -0.05) is 12.1 Å². The number of benzene rings is 1. The van der Waals surface area contributed by atoms with Gasteiger partial charge in [0.1, 0.15) is 11.4 Å². The van der Waals surface area contributed by atoms with E-state index >= 15 is 0 Å². The van der Waals surface area contributed by atoms with Crippen LogP contribution in [-0.4, -0.2) is 30.8 Å². The summed E-state index contributed by atoms with van der Waals surface area (Å²) in [6.45, 7) is 6.83. The minimum Gasteiger partial charge on any atom is -0.444 e. The minimum absolute atomic E-state index is 0.0539. The van der Waals surface area contributed by atoms with E-state index in [-0.39, 0.29) is 17.8 Å². The first-order chi connectivity index (χ1) is 9.35. The van der Waals surface area contributed by atoms with E-state index in [9.17, 15) is 9.18 Å². The van der Waals surface area contributed by atoms with Gasteiger partial charge in [-0.3, -0.25) is 0 Å². The zero-order valence-corrected chi connectivity index (χ0v) is 12.1. The molecule has 2 atom stereocenters. The van der Waals surface area contributed by atoms with Crippen LogP contribution in [0.2, 0.25) is 0 Å². The molecule has 1 aliphatic rings. The van der Waals surface area contributed by atoms with Crippen molar-refractivity contribution < 1.29 is 13.9 Å². The van der Waals surface area contributed by atoms with Gasteiger partial charge in [0, 0.05) is 19.0 Å². The molecule has 5 heteroatoms. The topological polar surface area (TPSA) is 50.4 Å². The van der Waals surface area contributed by atoms with E-state index in [4.69, 9.17) is 4.74 Å². The Morgan fingerprint density at radius 1 is 1.40 bits per heavy atom. The Kier molecular flexibility index (Phi) is 4.28. The van der Waals surface area contributed by atoms with Crippen molar-refractivity contribution in [2.45, 2.75) is 38.3 Å². The van der Waals surface area contributed by atoms with Gasteiger partial charge in [0.05, 0.1) is 6.04 Å². The van der Waals surface area contributed by atoms with Gasteiger partial charge < -0.3 is 15.4 Å². The average molecular weight is 280 g/mol. The summed E-state index contributed by atoms with van der Waals surface area (Å²) in [4.78, 5) is 11.8. The van der Waals surface area contributed by atoms with E-state index < -0.39 is 11.7 Å². The third kappa shape index (κ3) is 3.93. The molecule has 0 unspecified atom stereocenters. The number of nitrogens with one attached hydrogen (secondary N) is 2. The number of rotatable bonds is 2. The first kappa shape index (κ1) is 14.8. The number of halogens is 1. The lowest BCUT2D eigenvalue weighted by molar-refractivity contribution is 0.0504. The monoisotopic (exact) mass is 280 g/mol. The number of carbonyl (C=O) groups excluding carboxylic acids is 1. The van der Waals surface area contributed by atoms with Crippen molar-refractivity contribution in [1.82, 2.24) is 10.6 Å². The van der Waals surface area contributed by atoms with Crippen molar-refractivity contribution in [3.8, 4) is 0 Å². The largest absolute Gasteiger partial charge is 0.444 e. The van der Waals surface area contributed by atoms with E-state index in [0.29, 0.717) is 13.1 Å². The highest BCUT2D eigenvalue weighted by Crippen LogP contribution is 2.23. The van der Waals surface area contributed by atoms with Crippen LogP contribution in [0.4, 0.5) is 9.18 Å². The van der Waals surface area contributed by atoms with E-state index in [1.807, 2.05) is 26.8 Å². The van der Waals surface area contributed by atoms with Crippen molar-refractivity contribution in [3.63, 3.8) is 0 Å². The maximum absolute atomic E-state index is 13.3. The Hall–Kier alpha value is -1.62. The van der Waals surface area contributed by atoms with Crippen molar-refractivity contribution in [3.05, 3.63) is 35.6 Å². The second-order valence-electron chi connectivity index (χ2n) is 6.07. The molecule has 1 aromatic rings. The SMILES string of the molecule is CC(C)(C)OC(=O)N[C@H]1CNC[C@H]1c1cccc(F)c1. The number of amides is 1. The van der Waals surface area contributed by atoms with E-state index in [1.54, 1.807) is 6.07 Å². The molecule has 1 aromatic carbocycles. The molecule has 1 aliphatic heterocycles. The second-order valence-corrected chi connectivity index (χ2v) is 6.07. The molecule has 1 saturated heterocycles. The molecule has 110 valence electrons. The Labute approximate surface area is 118 Å². The van der Waals surface area contributed by atoms with Gasteiger partial charge in [0.15, 0.2) is 0 Å². The molecule has 0 radical (unpaired) electrons. The number of carbonyl (C=O) groups is 1. The molecule has 0 bridgehead atoms. The fourth-order valence-corrected chi connectivity index (χ4v) is 2.38.